The lowest BCUT2D eigenvalue weighted by atomic mass is 10.3. The predicted octanol–water partition coefficient (Wildman–Crippen LogP) is -0.556. The number of hydrogen-bond acceptors (Lipinski definition) is 2. The van der Waals surface area contributed by atoms with Crippen molar-refractivity contribution in [2.75, 3.05) is 13.2 Å². The van der Waals surface area contributed by atoms with E-state index >= 15 is 0 Å². The van der Waals surface area contributed by atoms with Crippen LogP contribution in [0.25, 0.3) is 0 Å². The third kappa shape index (κ3) is 1.89. The summed E-state index contributed by atoms with van der Waals surface area (Å²) in [4.78, 5) is 10.2. The van der Waals surface area contributed by atoms with Gasteiger partial charge in [0, 0.05) is 6.61 Å². The van der Waals surface area contributed by atoms with Crippen molar-refractivity contribution in [1.82, 2.24) is 5.32 Å². The standard InChI is InChI=1S/C5H10N2O2/c6-5(8)7-4-1-2-9-3-4/h4H,1-3H2,(H3,6,7,8). The Kier molecular flexibility index (Phi) is 1.89. The van der Waals surface area contributed by atoms with Crippen molar-refractivity contribution in [3.05, 3.63) is 0 Å². The Morgan fingerprint density at radius 3 is 3.00 bits per heavy atom. The lowest BCUT2D eigenvalue weighted by Gasteiger charge is -2.05. The average molecular weight is 130 g/mol. The van der Waals surface area contributed by atoms with Gasteiger partial charge in [-0.25, -0.2) is 4.79 Å². The summed E-state index contributed by atoms with van der Waals surface area (Å²) >= 11 is 0. The van der Waals surface area contributed by atoms with E-state index in [1.165, 1.54) is 0 Å². The fraction of sp³-hybridized carbons (Fsp3) is 0.800. The number of nitrogens with one attached hydrogen (secondary N) is 1. The molecule has 4 nitrogen and oxygen atoms in total. The molecule has 1 aliphatic heterocycles. The van der Waals surface area contributed by atoms with Crippen LogP contribution in [0.15, 0.2) is 0 Å². The second-order valence-corrected chi connectivity index (χ2v) is 2.07. The minimum Gasteiger partial charge on any atom is -0.379 e. The molecule has 52 valence electrons. The highest BCUT2D eigenvalue weighted by molar-refractivity contribution is 5.71. The molecule has 1 atom stereocenters. The number of ether oxygens (including phenoxy) is 1. The highest BCUT2D eigenvalue weighted by Crippen LogP contribution is 2.01. The lowest BCUT2D eigenvalue weighted by Crippen LogP contribution is -2.38. The first-order chi connectivity index (χ1) is 4.29. The van der Waals surface area contributed by atoms with E-state index < -0.39 is 6.03 Å². The van der Waals surface area contributed by atoms with Crippen LogP contribution < -0.4 is 11.1 Å². The lowest BCUT2D eigenvalue weighted by molar-refractivity contribution is 0.189. The summed E-state index contributed by atoms with van der Waals surface area (Å²) in [6.45, 7) is 1.33. The molecule has 3 N–H and O–H groups in total. The number of carbonyl (C=O) groups excluding carboxylic acids is 1. The molecule has 0 radical (unpaired) electrons. The maximum atomic E-state index is 10.2. The van der Waals surface area contributed by atoms with Gasteiger partial charge in [0.1, 0.15) is 0 Å². The number of rotatable bonds is 1. The first-order valence-electron chi connectivity index (χ1n) is 2.93. The van der Waals surface area contributed by atoms with Gasteiger partial charge in [-0.3, -0.25) is 0 Å². The van der Waals surface area contributed by atoms with E-state index in [4.69, 9.17) is 10.5 Å². The van der Waals surface area contributed by atoms with Crippen LogP contribution >= 0.6 is 0 Å². The molecule has 0 bridgehead atoms. The van der Waals surface area contributed by atoms with Crippen LogP contribution in [-0.4, -0.2) is 25.3 Å². The van der Waals surface area contributed by atoms with Crippen molar-refractivity contribution in [1.29, 1.82) is 0 Å². The highest BCUT2D eigenvalue weighted by atomic mass is 16.5. The molecule has 1 aliphatic rings. The summed E-state index contributed by atoms with van der Waals surface area (Å²) in [5, 5.41) is 2.56. The molecule has 1 heterocycles. The zero-order valence-corrected chi connectivity index (χ0v) is 5.09. The quantitative estimate of drug-likeness (QED) is 0.500. The van der Waals surface area contributed by atoms with Gasteiger partial charge in [-0.2, -0.15) is 0 Å². The van der Waals surface area contributed by atoms with Crippen LogP contribution in [0.3, 0.4) is 0 Å². The van der Waals surface area contributed by atoms with E-state index in [-0.39, 0.29) is 6.04 Å². The van der Waals surface area contributed by atoms with Crippen LogP contribution in [0.5, 0.6) is 0 Å². The first-order valence-corrected chi connectivity index (χ1v) is 2.93. The summed E-state index contributed by atoms with van der Waals surface area (Å²) in [7, 11) is 0. The van der Waals surface area contributed by atoms with E-state index in [1.54, 1.807) is 0 Å². The van der Waals surface area contributed by atoms with Crippen molar-refractivity contribution in [3.8, 4) is 0 Å². The van der Waals surface area contributed by atoms with Crippen molar-refractivity contribution < 1.29 is 9.53 Å². The molecule has 1 unspecified atom stereocenters. The molecule has 0 aromatic heterocycles. The number of nitrogens with two attached hydrogens (primary N) is 1. The second kappa shape index (κ2) is 2.68. The molecule has 1 fully saturated rings. The number of urea groups is 1. The molecule has 2 amide bonds. The monoisotopic (exact) mass is 130 g/mol. The molecule has 4 heteroatoms. The second-order valence-electron chi connectivity index (χ2n) is 2.07. The largest absolute Gasteiger partial charge is 0.379 e. The minimum absolute atomic E-state index is 0.141. The van der Waals surface area contributed by atoms with E-state index in [0.717, 1.165) is 13.0 Å². The Hall–Kier alpha value is -0.770. The van der Waals surface area contributed by atoms with Crippen molar-refractivity contribution in [3.63, 3.8) is 0 Å². The average Bonchev–Trinajstić information content (AvgIpc) is 2.15. The van der Waals surface area contributed by atoms with Gasteiger partial charge in [-0.05, 0) is 6.42 Å². The van der Waals surface area contributed by atoms with Crippen LogP contribution in [0.1, 0.15) is 6.42 Å². The van der Waals surface area contributed by atoms with Gasteiger partial charge in [0.2, 0.25) is 0 Å². The molecule has 0 saturated carbocycles. The molecular formula is C5H10N2O2. The van der Waals surface area contributed by atoms with Gasteiger partial charge in [-0.1, -0.05) is 0 Å². The molecule has 0 aromatic carbocycles. The SMILES string of the molecule is NC(=O)NC1CCOC1. The summed E-state index contributed by atoms with van der Waals surface area (Å²) in [5.74, 6) is 0. The Morgan fingerprint density at radius 2 is 2.56 bits per heavy atom. The van der Waals surface area contributed by atoms with Crippen LogP contribution in [0.2, 0.25) is 0 Å². The zero-order chi connectivity index (χ0) is 6.69. The van der Waals surface area contributed by atoms with Crippen LogP contribution in [0, 0.1) is 0 Å². The summed E-state index contributed by atoms with van der Waals surface area (Å²) < 4.78 is 4.99. The third-order valence-corrected chi connectivity index (χ3v) is 1.28. The molecular weight excluding hydrogens is 120 g/mol. The van der Waals surface area contributed by atoms with E-state index in [9.17, 15) is 4.79 Å². The highest BCUT2D eigenvalue weighted by Gasteiger charge is 2.15. The van der Waals surface area contributed by atoms with Gasteiger partial charge in [0.05, 0.1) is 12.6 Å². The van der Waals surface area contributed by atoms with Crippen LogP contribution in [-0.2, 0) is 4.74 Å². The molecule has 1 rings (SSSR count). The number of amides is 2. The number of primary amides is 1. The normalized spacial score (nSPS) is 26.0. The third-order valence-electron chi connectivity index (χ3n) is 1.28. The predicted molar refractivity (Wildman–Crippen MR) is 31.9 cm³/mol. The zero-order valence-electron chi connectivity index (χ0n) is 5.09. The van der Waals surface area contributed by atoms with E-state index in [1.807, 2.05) is 0 Å². The molecule has 0 aromatic rings. The fourth-order valence-corrected chi connectivity index (χ4v) is 0.850. The summed E-state index contributed by atoms with van der Waals surface area (Å²) in [6.07, 6.45) is 0.878. The van der Waals surface area contributed by atoms with E-state index in [2.05, 4.69) is 5.32 Å². The van der Waals surface area contributed by atoms with E-state index in [0.29, 0.717) is 6.61 Å². The Labute approximate surface area is 53.4 Å². The number of carbonyl (C=O) groups is 1. The maximum Gasteiger partial charge on any atom is 0.312 e. The minimum atomic E-state index is -0.467. The summed E-state index contributed by atoms with van der Waals surface area (Å²) in [6, 6.07) is -0.326. The van der Waals surface area contributed by atoms with Gasteiger partial charge < -0.3 is 15.8 Å². The van der Waals surface area contributed by atoms with Gasteiger partial charge in [0.15, 0.2) is 0 Å². The van der Waals surface area contributed by atoms with Crippen LogP contribution in [0.4, 0.5) is 4.79 Å². The topological polar surface area (TPSA) is 64.4 Å². The molecule has 0 aliphatic carbocycles. The molecule has 9 heavy (non-hydrogen) atoms. The van der Waals surface area contributed by atoms with Crippen molar-refractivity contribution >= 4 is 6.03 Å². The maximum absolute atomic E-state index is 10.2. The number of hydrogen-bond donors (Lipinski definition) is 2. The van der Waals surface area contributed by atoms with Crippen molar-refractivity contribution in [2.24, 2.45) is 5.73 Å². The van der Waals surface area contributed by atoms with Crippen molar-refractivity contribution in [2.45, 2.75) is 12.5 Å². The summed E-state index contributed by atoms with van der Waals surface area (Å²) in [5.41, 5.74) is 4.87. The van der Waals surface area contributed by atoms with Gasteiger partial charge in [-0.15, -0.1) is 0 Å². The molecule has 0 spiro atoms. The smallest absolute Gasteiger partial charge is 0.312 e. The van der Waals surface area contributed by atoms with Gasteiger partial charge in [0.25, 0.3) is 0 Å². The molecule has 1 saturated heterocycles. The fourth-order valence-electron chi connectivity index (χ4n) is 0.850. The van der Waals surface area contributed by atoms with Gasteiger partial charge >= 0.3 is 6.03 Å². The first kappa shape index (κ1) is 6.35. The Bertz CT molecular complexity index is 110. The Balaban J connectivity index is 2.19. The Morgan fingerprint density at radius 1 is 1.78 bits per heavy atom.